The van der Waals surface area contributed by atoms with Crippen molar-refractivity contribution >= 4 is 21.8 Å². The number of unbranched alkanes of at least 4 members (excludes halogenated alkanes) is 1. The predicted octanol–water partition coefficient (Wildman–Crippen LogP) is 3.59. The maximum atomic E-state index is 12.1. The van der Waals surface area contributed by atoms with Crippen molar-refractivity contribution in [3.8, 4) is 0 Å². The summed E-state index contributed by atoms with van der Waals surface area (Å²) in [4.78, 5) is 12.2. The molecule has 0 atom stereocenters. The fourth-order valence-corrected chi connectivity index (χ4v) is 4.82. The van der Waals surface area contributed by atoms with Gasteiger partial charge in [-0.1, -0.05) is 31.5 Å². The van der Waals surface area contributed by atoms with Crippen LogP contribution in [0.15, 0.2) is 59.5 Å². The number of hydrogen-bond donors (Lipinski definition) is 1. The molecule has 2 rings (SSSR count). The molecule has 0 radical (unpaired) electrons. The molecule has 0 aliphatic heterocycles. The summed E-state index contributed by atoms with van der Waals surface area (Å²) in [5.74, 6) is -0.370. The summed E-state index contributed by atoms with van der Waals surface area (Å²) in [5.41, 5.74) is 1.50. The number of anilines is 1. The van der Waals surface area contributed by atoms with Crippen LogP contribution in [-0.4, -0.2) is 140 Å². The Morgan fingerprint density at radius 2 is 0.940 bits per heavy atom. The van der Waals surface area contributed by atoms with E-state index in [4.69, 9.17) is 46.8 Å². The lowest BCUT2D eigenvalue weighted by molar-refractivity contribution is -0.0247. The van der Waals surface area contributed by atoms with Gasteiger partial charge in [-0.3, -0.25) is 4.18 Å². The number of carbonyl (C=O) groups is 1. The molecule has 1 N–H and O–H groups in total. The molecule has 0 saturated carbocycles. The van der Waals surface area contributed by atoms with Gasteiger partial charge in [0.05, 0.1) is 123 Å². The van der Waals surface area contributed by atoms with E-state index in [-0.39, 0.29) is 30.7 Å². The number of benzene rings is 2. The Hall–Kier alpha value is -2.70. The van der Waals surface area contributed by atoms with Crippen LogP contribution in [0.25, 0.3) is 0 Å². The standard InChI is InChI=1S/C35H55NO13S/c1-2-3-13-36-33-11-9-32(10-12-33)35(37)48-30-28-46-26-24-44-22-20-42-18-16-40-14-15-41-17-19-43-21-23-45-25-27-47-29-31-49-50(38,39)34-7-5-4-6-8-34/h4-12,36H,2-3,13-31H2,1H3. The van der Waals surface area contributed by atoms with Crippen molar-refractivity contribution in [3.63, 3.8) is 0 Å². The third-order valence-electron chi connectivity index (χ3n) is 6.54. The van der Waals surface area contributed by atoms with Crippen molar-refractivity contribution in [3.05, 3.63) is 60.2 Å². The van der Waals surface area contributed by atoms with Crippen molar-refractivity contribution in [1.82, 2.24) is 0 Å². The Balaban J connectivity index is 1.22. The summed E-state index contributed by atoms with van der Waals surface area (Å²) in [6, 6.07) is 15.2. The van der Waals surface area contributed by atoms with Crippen LogP contribution in [-0.2, 0) is 56.9 Å². The molecule has 50 heavy (non-hydrogen) atoms. The molecule has 15 heteroatoms. The third kappa shape index (κ3) is 22.9. The highest BCUT2D eigenvalue weighted by atomic mass is 32.2. The fraction of sp³-hybridized carbons (Fsp3) is 0.629. The summed E-state index contributed by atoms with van der Waals surface area (Å²) in [6.07, 6.45) is 2.23. The molecule has 0 aliphatic carbocycles. The molecule has 0 saturated heterocycles. The lowest BCUT2D eigenvalue weighted by Gasteiger charge is -2.09. The molecule has 0 spiro atoms. The van der Waals surface area contributed by atoms with Crippen molar-refractivity contribution < 1.29 is 60.0 Å². The molecule has 0 unspecified atom stereocenters. The molecule has 14 nitrogen and oxygen atoms in total. The van der Waals surface area contributed by atoms with E-state index in [1.54, 1.807) is 30.3 Å². The summed E-state index contributed by atoms with van der Waals surface area (Å²) in [5, 5.41) is 3.31. The minimum Gasteiger partial charge on any atom is -0.460 e. The molecule has 0 heterocycles. The van der Waals surface area contributed by atoms with Gasteiger partial charge in [0.2, 0.25) is 0 Å². The van der Waals surface area contributed by atoms with E-state index in [1.807, 2.05) is 12.1 Å². The van der Waals surface area contributed by atoms with E-state index in [0.717, 1.165) is 25.1 Å². The first-order valence-electron chi connectivity index (χ1n) is 17.1. The second kappa shape index (κ2) is 30.0. The van der Waals surface area contributed by atoms with Crippen LogP contribution in [0, 0.1) is 0 Å². The molecule has 284 valence electrons. The summed E-state index contributed by atoms with van der Waals surface area (Å²) in [7, 11) is -3.76. The number of nitrogens with one attached hydrogen (secondary N) is 1. The van der Waals surface area contributed by atoms with Gasteiger partial charge in [-0.15, -0.1) is 0 Å². The van der Waals surface area contributed by atoms with Gasteiger partial charge >= 0.3 is 5.97 Å². The Labute approximate surface area is 297 Å². The molecule has 0 amide bonds. The maximum Gasteiger partial charge on any atom is 0.338 e. The Kier molecular flexibility index (Phi) is 26.1. The first-order valence-corrected chi connectivity index (χ1v) is 18.5. The van der Waals surface area contributed by atoms with E-state index >= 15 is 0 Å². The number of rotatable bonds is 34. The molecule has 0 fully saturated rings. The number of ether oxygens (including phenoxy) is 9. The minimum atomic E-state index is -3.76. The Morgan fingerprint density at radius 1 is 0.540 bits per heavy atom. The molecular weight excluding hydrogens is 674 g/mol. The van der Waals surface area contributed by atoms with E-state index < -0.39 is 10.1 Å². The normalized spacial score (nSPS) is 11.5. The van der Waals surface area contributed by atoms with Crippen LogP contribution >= 0.6 is 0 Å². The van der Waals surface area contributed by atoms with Gasteiger partial charge in [0.25, 0.3) is 10.1 Å². The average Bonchev–Trinajstić information content (AvgIpc) is 3.13. The highest BCUT2D eigenvalue weighted by Crippen LogP contribution is 2.12. The minimum absolute atomic E-state index is 0.0638. The second-order valence-corrected chi connectivity index (χ2v) is 12.1. The molecule has 0 aromatic heterocycles. The van der Waals surface area contributed by atoms with Crippen LogP contribution in [0.2, 0.25) is 0 Å². The van der Waals surface area contributed by atoms with Gasteiger partial charge in [-0.05, 0) is 42.8 Å². The topological polar surface area (TPSA) is 156 Å². The number of hydrogen-bond acceptors (Lipinski definition) is 14. The van der Waals surface area contributed by atoms with Gasteiger partial charge < -0.3 is 47.9 Å². The highest BCUT2D eigenvalue weighted by molar-refractivity contribution is 7.86. The zero-order valence-electron chi connectivity index (χ0n) is 29.3. The van der Waals surface area contributed by atoms with Gasteiger partial charge in [-0.2, -0.15) is 8.42 Å². The first kappa shape index (κ1) is 43.5. The van der Waals surface area contributed by atoms with E-state index in [1.165, 1.54) is 12.1 Å². The molecule has 0 bridgehead atoms. The van der Waals surface area contributed by atoms with Crippen molar-refractivity contribution in [2.75, 3.05) is 131 Å². The van der Waals surface area contributed by atoms with Gasteiger partial charge in [-0.25, -0.2) is 4.79 Å². The average molecular weight is 730 g/mol. The second-order valence-electron chi connectivity index (χ2n) is 10.5. The lowest BCUT2D eigenvalue weighted by Crippen LogP contribution is -2.16. The van der Waals surface area contributed by atoms with Crippen molar-refractivity contribution in [2.45, 2.75) is 24.7 Å². The van der Waals surface area contributed by atoms with Crippen LogP contribution in [0.4, 0.5) is 5.69 Å². The summed E-state index contributed by atoms with van der Waals surface area (Å²) < 4.78 is 77.6. The lowest BCUT2D eigenvalue weighted by atomic mass is 10.2. The number of esters is 1. The van der Waals surface area contributed by atoms with Gasteiger partial charge in [0.1, 0.15) is 6.61 Å². The van der Waals surface area contributed by atoms with Gasteiger partial charge in [0.15, 0.2) is 0 Å². The maximum absolute atomic E-state index is 12.1. The Morgan fingerprint density at radius 3 is 1.36 bits per heavy atom. The smallest absolute Gasteiger partial charge is 0.338 e. The zero-order chi connectivity index (χ0) is 35.8. The highest BCUT2D eigenvalue weighted by Gasteiger charge is 2.13. The summed E-state index contributed by atoms with van der Waals surface area (Å²) in [6.45, 7) is 9.61. The van der Waals surface area contributed by atoms with Crippen LogP contribution in [0.1, 0.15) is 30.1 Å². The van der Waals surface area contributed by atoms with E-state index in [2.05, 4.69) is 12.2 Å². The monoisotopic (exact) mass is 729 g/mol. The largest absolute Gasteiger partial charge is 0.460 e. The third-order valence-corrected chi connectivity index (χ3v) is 7.87. The Bertz CT molecular complexity index is 1190. The van der Waals surface area contributed by atoms with Crippen LogP contribution in [0.3, 0.4) is 0 Å². The molecule has 0 aliphatic rings. The van der Waals surface area contributed by atoms with Crippen molar-refractivity contribution in [1.29, 1.82) is 0 Å². The molecular formula is C35H55NO13S. The quantitative estimate of drug-likeness (QED) is 0.0634. The fourth-order valence-electron chi connectivity index (χ4n) is 3.91. The van der Waals surface area contributed by atoms with Gasteiger partial charge in [0, 0.05) is 12.2 Å². The predicted molar refractivity (Wildman–Crippen MR) is 186 cm³/mol. The SMILES string of the molecule is CCCCNc1ccc(C(=O)OCCOCCOCCOCCOCCOCCOCCOCCOCCOS(=O)(=O)c2ccccc2)cc1. The van der Waals surface area contributed by atoms with Crippen molar-refractivity contribution in [2.24, 2.45) is 0 Å². The zero-order valence-corrected chi connectivity index (χ0v) is 30.1. The summed E-state index contributed by atoms with van der Waals surface area (Å²) >= 11 is 0. The molecule has 2 aromatic carbocycles. The number of carbonyl (C=O) groups excluding carboxylic acids is 1. The van der Waals surface area contributed by atoms with Crippen LogP contribution < -0.4 is 5.32 Å². The van der Waals surface area contributed by atoms with E-state index in [0.29, 0.717) is 105 Å². The van der Waals surface area contributed by atoms with Crippen LogP contribution in [0.5, 0.6) is 0 Å². The first-order chi connectivity index (χ1) is 24.5. The molecule has 2 aromatic rings. The van der Waals surface area contributed by atoms with E-state index in [9.17, 15) is 13.2 Å².